The van der Waals surface area contributed by atoms with E-state index in [1.54, 1.807) is 12.3 Å². The summed E-state index contributed by atoms with van der Waals surface area (Å²) in [7, 11) is 0. The first-order chi connectivity index (χ1) is 7.33. The van der Waals surface area contributed by atoms with Crippen LogP contribution in [0.1, 0.15) is 13.3 Å². The van der Waals surface area contributed by atoms with Gasteiger partial charge in [-0.3, -0.25) is 4.98 Å². The third-order valence-corrected chi connectivity index (χ3v) is 3.45. The van der Waals surface area contributed by atoms with Gasteiger partial charge in [0.25, 0.3) is 0 Å². The Kier molecular flexibility index (Phi) is 3.11. The lowest BCUT2D eigenvalue weighted by atomic mass is 10.2. The molecular formula is C12H13NOS. The summed E-state index contributed by atoms with van der Waals surface area (Å²) in [5.74, 6) is 1.35. The van der Waals surface area contributed by atoms with Crippen LogP contribution in [-0.2, 0) is 0 Å². The van der Waals surface area contributed by atoms with E-state index in [4.69, 9.17) is 0 Å². The zero-order chi connectivity index (χ0) is 10.7. The van der Waals surface area contributed by atoms with Crippen LogP contribution >= 0.6 is 11.8 Å². The largest absolute Gasteiger partial charge is 0.506 e. The van der Waals surface area contributed by atoms with E-state index in [2.05, 4.69) is 11.9 Å². The minimum absolute atomic E-state index is 0.256. The summed E-state index contributed by atoms with van der Waals surface area (Å²) in [5.41, 5.74) is 0.693. The Morgan fingerprint density at radius 1 is 1.33 bits per heavy atom. The van der Waals surface area contributed by atoms with Crippen molar-refractivity contribution >= 4 is 22.7 Å². The highest BCUT2D eigenvalue weighted by molar-refractivity contribution is 7.99. The second kappa shape index (κ2) is 4.53. The molecule has 0 bridgehead atoms. The maximum absolute atomic E-state index is 9.65. The maximum atomic E-state index is 9.65. The molecule has 0 aliphatic heterocycles. The molecule has 2 aromatic rings. The Bertz CT molecular complexity index is 470. The number of hydrogen-bond donors (Lipinski definition) is 1. The van der Waals surface area contributed by atoms with Gasteiger partial charge in [0, 0.05) is 16.5 Å². The zero-order valence-electron chi connectivity index (χ0n) is 8.60. The van der Waals surface area contributed by atoms with Gasteiger partial charge >= 0.3 is 0 Å². The molecule has 0 aliphatic carbocycles. The number of fused-ring (bicyclic) bond motifs is 1. The van der Waals surface area contributed by atoms with Gasteiger partial charge in [-0.05, 0) is 24.3 Å². The number of phenols is 1. The molecule has 0 amide bonds. The average molecular weight is 219 g/mol. The van der Waals surface area contributed by atoms with Crippen LogP contribution in [0.4, 0.5) is 0 Å². The first kappa shape index (κ1) is 10.3. The number of pyridine rings is 1. The van der Waals surface area contributed by atoms with Gasteiger partial charge in [0.05, 0.1) is 0 Å². The predicted octanol–water partition coefficient (Wildman–Crippen LogP) is 3.44. The number of rotatable bonds is 3. The van der Waals surface area contributed by atoms with Crippen molar-refractivity contribution in [3.63, 3.8) is 0 Å². The van der Waals surface area contributed by atoms with Crippen LogP contribution in [0.2, 0.25) is 0 Å². The number of aromatic nitrogens is 1. The van der Waals surface area contributed by atoms with Gasteiger partial charge in [-0.25, -0.2) is 0 Å². The smallest absolute Gasteiger partial charge is 0.141 e. The summed E-state index contributed by atoms with van der Waals surface area (Å²) < 4.78 is 0. The number of para-hydroxylation sites is 1. The van der Waals surface area contributed by atoms with E-state index in [0.29, 0.717) is 5.52 Å². The molecule has 0 radical (unpaired) electrons. The van der Waals surface area contributed by atoms with Gasteiger partial charge in [-0.2, -0.15) is 0 Å². The fourth-order valence-electron chi connectivity index (χ4n) is 1.47. The Labute approximate surface area is 93.3 Å². The lowest BCUT2D eigenvalue weighted by molar-refractivity contribution is 0.480. The molecule has 0 atom stereocenters. The van der Waals surface area contributed by atoms with Gasteiger partial charge in [-0.15, -0.1) is 11.8 Å². The first-order valence-electron chi connectivity index (χ1n) is 5.02. The summed E-state index contributed by atoms with van der Waals surface area (Å²) in [5, 5.41) is 10.7. The fraction of sp³-hybridized carbons (Fsp3) is 0.250. The molecule has 1 aromatic carbocycles. The second-order valence-corrected chi connectivity index (χ2v) is 4.47. The molecule has 0 aliphatic rings. The molecule has 1 heterocycles. The van der Waals surface area contributed by atoms with Crippen LogP contribution in [-0.4, -0.2) is 15.8 Å². The van der Waals surface area contributed by atoms with Crippen LogP contribution in [0.25, 0.3) is 10.9 Å². The molecule has 0 saturated heterocycles. The molecular weight excluding hydrogens is 206 g/mol. The van der Waals surface area contributed by atoms with E-state index in [9.17, 15) is 5.11 Å². The Morgan fingerprint density at radius 3 is 3.00 bits per heavy atom. The monoisotopic (exact) mass is 219 g/mol. The number of aromatic hydroxyl groups is 1. The van der Waals surface area contributed by atoms with Crippen molar-refractivity contribution in [2.45, 2.75) is 18.2 Å². The molecule has 0 unspecified atom stereocenters. The van der Waals surface area contributed by atoms with Gasteiger partial charge in [0.2, 0.25) is 0 Å². The molecule has 3 heteroatoms. The minimum Gasteiger partial charge on any atom is -0.506 e. The van der Waals surface area contributed by atoms with E-state index in [-0.39, 0.29) is 5.75 Å². The SMILES string of the molecule is CCCSc1ccnc2c(O)cccc12. The molecule has 0 fully saturated rings. The van der Waals surface area contributed by atoms with Crippen molar-refractivity contribution in [2.75, 3.05) is 5.75 Å². The summed E-state index contributed by atoms with van der Waals surface area (Å²) in [6.45, 7) is 2.16. The third kappa shape index (κ3) is 2.07. The molecule has 2 nitrogen and oxygen atoms in total. The molecule has 2 rings (SSSR count). The van der Waals surface area contributed by atoms with Crippen molar-refractivity contribution in [1.82, 2.24) is 4.98 Å². The summed E-state index contributed by atoms with van der Waals surface area (Å²) in [6, 6.07) is 7.53. The van der Waals surface area contributed by atoms with Crippen molar-refractivity contribution in [3.05, 3.63) is 30.5 Å². The molecule has 1 N–H and O–H groups in total. The van der Waals surface area contributed by atoms with Gasteiger partial charge in [-0.1, -0.05) is 19.1 Å². The molecule has 1 aromatic heterocycles. The standard InChI is InChI=1S/C12H13NOS/c1-2-8-15-11-6-7-13-12-9(11)4-3-5-10(12)14/h3-7,14H,2,8H2,1H3. The normalized spacial score (nSPS) is 10.7. The highest BCUT2D eigenvalue weighted by Crippen LogP contribution is 2.30. The average Bonchev–Trinajstić information content (AvgIpc) is 2.27. The number of hydrogen-bond acceptors (Lipinski definition) is 3. The van der Waals surface area contributed by atoms with Crippen LogP contribution in [0.5, 0.6) is 5.75 Å². The Hall–Kier alpha value is -1.22. The van der Waals surface area contributed by atoms with Crippen LogP contribution < -0.4 is 0 Å². The highest BCUT2D eigenvalue weighted by Gasteiger charge is 2.04. The van der Waals surface area contributed by atoms with Crippen molar-refractivity contribution < 1.29 is 5.11 Å². The Balaban J connectivity index is 2.51. The van der Waals surface area contributed by atoms with Crippen LogP contribution in [0, 0.1) is 0 Å². The zero-order valence-corrected chi connectivity index (χ0v) is 9.42. The van der Waals surface area contributed by atoms with Crippen molar-refractivity contribution in [2.24, 2.45) is 0 Å². The van der Waals surface area contributed by atoms with Crippen molar-refractivity contribution in [1.29, 1.82) is 0 Å². The second-order valence-electron chi connectivity index (χ2n) is 3.33. The van der Waals surface area contributed by atoms with Gasteiger partial charge in [0.1, 0.15) is 11.3 Å². The highest BCUT2D eigenvalue weighted by atomic mass is 32.2. The number of thioether (sulfide) groups is 1. The van der Waals surface area contributed by atoms with Crippen molar-refractivity contribution in [3.8, 4) is 5.75 Å². The van der Waals surface area contributed by atoms with Crippen LogP contribution in [0.15, 0.2) is 35.4 Å². The van der Waals surface area contributed by atoms with E-state index >= 15 is 0 Å². The van der Waals surface area contributed by atoms with Crippen LogP contribution in [0.3, 0.4) is 0 Å². The van der Waals surface area contributed by atoms with E-state index in [1.807, 2.05) is 30.0 Å². The molecule has 0 saturated carbocycles. The van der Waals surface area contributed by atoms with E-state index in [1.165, 1.54) is 4.90 Å². The number of nitrogens with zero attached hydrogens (tertiary/aromatic N) is 1. The first-order valence-corrected chi connectivity index (χ1v) is 6.01. The third-order valence-electron chi connectivity index (χ3n) is 2.17. The fourth-order valence-corrected chi connectivity index (χ4v) is 2.37. The maximum Gasteiger partial charge on any atom is 0.141 e. The minimum atomic E-state index is 0.256. The van der Waals surface area contributed by atoms with Gasteiger partial charge in [0.15, 0.2) is 0 Å². The summed E-state index contributed by atoms with van der Waals surface area (Å²) in [6.07, 6.45) is 2.90. The topological polar surface area (TPSA) is 33.1 Å². The van der Waals surface area contributed by atoms with E-state index < -0.39 is 0 Å². The summed E-state index contributed by atoms with van der Waals surface area (Å²) >= 11 is 1.81. The molecule has 0 spiro atoms. The lowest BCUT2D eigenvalue weighted by Gasteiger charge is -2.05. The molecule has 15 heavy (non-hydrogen) atoms. The molecule has 78 valence electrons. The van der Waals surface area contributed by atoms with E-state index in [0.717, 1.165) is 17.6 Å². The quantitative estimate of drug-likeness (QED) is 0.803. The lowest BCUT2D eigenvalue weighted by Crippen LogP contribution is -1.83. The number of benzene rings is 1. The summed E-state index contributed by atoms with van der Waals surface area (Å²) in [4.78, 5) is 5.38. The Morgan fingerprint density at radius 2 is 2.20 bits per heavy atom. The van der Waals surface area contributed by atoms with Gasteiger partial charge < -0.3 is 5.11 Å². The number of phenolic OH excluding ortho intramolecular Hbond substituents is 1. The predicted molar refractivity (Wildman–Crippen MR) is 64.4 cm³/mol.